The topological polar surface area (TPSA) is 142 Å². The minimum absolute atomic E-state index is 0.196. The van der Waals surface area contributed by atoms with Crippen LogP contribution in [0.4, 0.5) is 11.5 Å². The second kappa shape index (κ2) is 8.16. The smallest absolute Gasteiger partial charge is 0.177 e. The SMILES string of the molecule is Cc1cc(N)c(SN)c(-c2cc3c(-c4cnn(C5CCC(O)CC5)c4)cnc(N)c3o2)c1. The lowest BCUT2D eigenvalue weighted by Crippen LogP contribution is -2.21. The van der Waals surface area contributed by atoms with Crippen molar-refractivity contribution in [3.63, 3.8) is 0 Å². The van der Waals surface area contributed by atoms with Crippen LogP contribution in [0.2, 0.25) is 0 Å². The Balaban J connectivity index is 1.59. The van der Waals surface area contributed by atoms with E-state index in [0.29, 0.717) is 28.9 Å². The van der Waals surface area contributed by atoms with E-state index in [2.05, 4.69) is 10.1 Å². The van der Waals surface area contributed by atoms with Crippen LogP contribution >= 0.6 is 11.9 Å². The van der Waals surface area contributed by atoms with Crippen LogP contribution in [0.3, 0.4) is 0 Å². The largest absolute Gasteiger partial charge is 0.452 e. The van der Waals surface area contributed by atoms with E-state index >= 15 is 0 Å². The summed E-state index contributed by atoms with van der Waals surface area (Å²) >= 11 is 1.10. The second-order valence-corrected chi connectivity index (χ2v) is 9.07. The van der Waals surface area contributed by atoms with Gasteiger partial charge in [0.15, 0.2) is 11.4 Å². The Morgan fingerprint density at radius 1 is 1.09 bits per heavy atom. The maximum absolute atomic E-state index is 9.79. The van der Waals surface area contributed by atoms with Gasteiger partial charge in [-0.15, -0.1) is 0 Å². The van der Waals surface area contributed by atoms with Crippen LogP contribution in [0.15, 0.2) is 46.1 Å². The summed E-state index contributed by atoms with van der Waals surface area (Å²) in [6.45, 7) is 1.98. The maximum atomic E-state index is 9.79. The summed E-state index contributed by atoms with van der Waals surface area (Å²) in [5.74, 6) is 0.962. The summed E-state index contributed by atoms with van der Waals surface area (Å²) < 4.78 is 8.16. The van der Waals surface area contributed by atoms with Crippen molar-refractivity contribution in [2.75, 3.05) is 11.5 Å². The number of benzene rings is 1. The molecule has 5 rings (SSSR count). The van der Waals surface area contributed by atoms with E-state index in [1.165, 1.54) is 0 Å². The van der Waals surface area contributed by atoms with Gasteiger partial charge in [0, 0.05) is 40.2 Å². The highest BCUT2D eigenvalue weighted by molar-refractivity contribution is 7.97. The molecule has 0 radical (unpaired) electrons. The van der Waals surface area contributed by atoms with Crippen molar-refractivity contribution in [1.29, 1.82) is 0 Å². The predicted molar refractivity (Wildman–Crippen MR) is 128 cm³/mol. The number of anilines is 2. The Kier molecular flexibility index (Phi) is 5.32. The van der Waals surface area contributed by atoms with Gasteiger partial charge in [-0.05, 0) is 68.3 Å². The molecule has 8 nitrogen and oxygen atoms in total. The van der Waals surface area contributed by atoms with Crippen LogP contribution in [0.25, 0.3) is 33.4 Å². The van der Waals surface area contributed by atoms with Gasteiger partial charge in [0.1, 0.15) is 5.76 Å². The summed E-state index contributed by atoms with van der Waals surface area (Å²) in [5, 5.41) is 21.1. The van der Waals surface area contributed by atoms with Gasteiger partial charge in [-0.2, -0.15) is 5.10 Å². The molecule has 3 aromatic heterocycles. The second-order valence-electron chi connectivity index (χ2n) is 8.43. The average Bonchev–Trinajstić information content (AvgIpc) is 3.42. The standard InChI is InChI=1S/C23H26N6O2S/c1-12-6-17(22(32-26)19(24)7-12)20-8-16-18(10-27-23(25)21(16)31-20)13-9-28-29(11-13)14-2-4-15(30)5-3-14/h6-11,14-15,30H,2-5,24,26H2,1H3,(H2,25,27). The van der Waals surface area contributed by atoms with Crippen LogP contribution in [0.5, 0.6) is 0 Å². The molecule has 0 unspecified atom stereocenters. The van der Waals surface area contributed by atoms with E-state index in [0.717, 1.165) is 70.2 Å². The number of pyridine rings is 1. The van der Waals surface area contributed by atoms with E-state index in [1.54, 1.807) is 6.20 Å². The molecule has 0 atom stereocenters. The third kappa shape index (κ3) is 3.62. The molecule has 1 aliphatic carbocycles. The molecule has 4 aromatic rings. The van der Waals surface area contributed by atoms with Crippen LogP contribution in [0, 0.1) is 6.92 Å². The first-order valence-corrected chi connectivity index (χ1v) is 11.5. The molecule has 0 saturated heterocycles. The van der Waals surface area contributed by atoms with Crippen LogP contribution in [0.1, 0.15) is 37.3 Å². The highest BCUT2D eigenvalue weighted by Crippen LogP contribution is 2.41. The van der Waals surface area contributed by atoms with E-state index in [-0.39, 0.29) is 6.10 Å². The lowest BCUT2D eigenvalue weighted by Gasteiger charge is -2.25. The molecule has 1 aromatic carbocycles. The maximum Gasteiger partial charge on any atom is 0.177 e. The van der Waals surface area contributed by atoms with Gasteiger partial charge in [0.25, 0.3) is 0 Å². The van der Waals surface area contributed by atoms with Gasteiger partial charge in [0.2, 0.25) is 0 Å². The Morgan fingerprint density at radius 3 is 2.62 bits per heavy atom. The van der Waals surface area contributed by atoms with Crippen molar-refractivity contribution in [1.82, 2.24) is 14.8 Å². The first kappa shape index (κ1) is 20.9. The van der Waals surface area contributed by atoms with E-state index in [9.17, 15) is 5.11 Å². The van der Waals surface area contributed by atoms with Crippen molar-refractivity contribution in [2.24, 2.45) is 5.14 Å². The third-order valence-corrected chi connectivity index (χ3v) is 6.88. The number of rotatable bonds is 4. The van der Waals surface area contributed by atoms with E-state index in [4.69, 9.17) is 21.0 Å². The summed E-state index contributed by atoms with van der Waals surface area (Å²) in [6, 6.07) is 6.15. The van der Waals surface area contributed by atoms with Gasteiger partial charge >= 0.3 is 0 Å². The third-order valence-electron chi connectivity index (χ3n) is 6.19. The monoisotopic (exact) mass is 450 g/mol. The average molecular weight is 451 g/mol. The normalized spacial score (nSPS) is 19.0. The molecule has 1 fully saturated rings. The number of aliphatic hydroxyl groups excluding tert-OH is 1. The fourth-order valence-corrected chi connectivity index (χ4v) is 5.00. The molecule has 0 aliphatic heterocycles. The quantitative estimate of drug-likeness (QED) is 0.267. The zero-order valence-corrected chi connectivity index (χ0v) is 18.6. The van der Waals surface area contributed by atoms with Crippen molar-refractivity contribution < 1.29 is 9.52 Å². The molecule has 3 heterocycles. The molecule has 0 spiro atoms. The van der Waals surface area contributed by atoms with Gasteiger partial charge in [-0.3, -0.25) is 9.82 Å². The molecular formula is C23H26N6O2S. The zero-order valence-electron chi connectivity index (χ0n) is 17.8. The Bertz CT molecular complexity index is 1290. The van der Waals surface area contributed by atoms with Gasteiger partial charge in [0.05, 0.1) is 23.2 Å². The molecular weight excluding hydrogens is 424 g/mol. The Labute approximate surface area is 189 Å². The lowest BCUT2D eigenvalue weighted by atomic mass is 9.93. The fourth-order valence-electron chi connectivity index (χ4n) is 4.52. The first-order valence-electron chi connectivity index (χ1n) is 10.6. The molecule has 7 N–H and O–H groups in total. The minimum atomic E-state index is -0.196. The number of fused-ring (bicyclic) bond motifs is 1. The van der Waals surface area contributed by atoms with E-state index in [1.807, 2.05) is 42.2 Å². The number of hydrogen-bond acceptors (Lipinski definition) is 8. The molecule has 1 aliphatic rings. The highest BCUT2D eigenvalue weighted by Gasteiger charge is 2.23. The zero-order chi connectivity index (χ0) is 22.4. The van der Waals surface area contributed by atoms with Crippen molar-refractivity contribution in [3.8, 4) is 22.5 Å². The van der Waals surface area contributed by atoms with Crippen molar-refractivity contribution >= 4 is 34.4 Å². The molecule has 1 saturated carbocycles. The molecule has 9 heteroatoms. The van der Waals surface area contributed by atoms with Gasteiger partial charge < -0.3 is 21.0 Å². The van der Waals surface area contributed by atoms with Crippen LogP contribution in [-0.4, -0.2) is 26.0 Å². The summed E-state index contributed by atoms with van der Waals surface area (Å²) in [7, 11) is 0. The molecule has 166 valence electrons. The summed E-state index contributed by atoms with van der Waals surface area (Å²) in [4.78, 5) is 5.12. The number of nitrogens with zero attached hydrogens (tertiary/aromatic N) is 3. The molecule has 0 amide bonds. The Morgan fingerprint density at radius 2 is 1.88 bits per heavy atom. The van der Waals surface area contributed by atoms with Gasteiger partial charge in [-0.25, -0.2) is 4.98 Å². The Hall–Kier alpha value is -3.01. The van der Waals surface area contributed by atoms with Crippen LogP contribution in [-0.2, 0) is 0 Å². The predicted octanol–water partition coefficient (Wildman–Crippen LogP) is 4.27. The summed E-state index contributed by atoms with van der Waals surface area (Å²) in [6.07, 6.45) is 8.89. The number of nitrogen functional groups attached to an aromatic ring is 2. The summed E-state index contributed by atoms with van der Waals surface area (Å²) in [5.41, 5.74) is 17.2. The lowest BCUT2D eigenvalue weighted by molar-refractivity contribution is 0.108. The van der Waals surface area contributed by atoms with Gasteiger partial charge in [-0.1, -0.05) is 0 Å². The number of furan rings is 1. The van der Waals surface area contributed by atoms with Crippen molar-refractivity contribution in [3.05, 3.63) is 42.4 Å². The molecule has 32 heavy (non-hydrogen) atoms. The minimum Gasteiger partial charge on any atom is -0.452 e. The molecule has 0 bridgehead atoms. The number of hydrogen-bond donors (Lipinski definition) is 4. The number of aromatic nitrogens is 3. The van der Waals surface area contributed by atoms with Crippen molar-refractivity contribution in [2.45, 2.75) is 49.6 Å². The number of aliphatic hydroxyl groups is 1. The highest BCUT2D eigenvalue weighted by atomic mass is 32.2. The first-order chi connectivity index (χ1) is 15.4. The number of nitrogens with two attached hydrogens (primary N) is 3. The van der Waals surface area contributed by atoms with E-state index < -0.39 is 0 Å². The number of aryl methyl sites for hydroxylation is 1. The van der Waals surface area contributed by atoms with Crippen LogP contribution < -0.4 is 16.6 Å². The fraction of sp³-hybridized carbons (Fsp3) is 0.304.